The first-order chi connectivity index (χ1) is 12.3. The van der Waals surface area contributed by atoms with Crippen LogP contribution in [0.1, 0.15) is 5.56 Å². The third kappa shape index (κ3) is 3.32. The Hall–Kier alpha value is -2.93. The molecule has 3 aromatic heterocycles. The predicted molar refractivity (Wildman–Crippen MR) is 98.2 cm³/mol. The molecule has 0 unspecified atom stereocenters. The fourth-order valence-corrected chi connectivity index (χ4v) is 3.38. The molecule has 1 N–H and O–H groups in total. The number of nitrogens with one attached hydrogen (secondary N) is 1. The number of H-pyrrole nitrogens is 1. The number of fused-ring (bicyclic) bond motifs is 1. The van der Waals surface area contributed by atoms with Gasteiger partial charge in [-0.25, -0.2) is 9.67 Å². The van der Waals surface area contributed by atoms with E-state index in [-0.39, 0.29) is 5.56 Å². The van der Waals surface area contributed by atoms with Crippen LogP contribution in [0.5, 0.6) is 0 Å². The summed E-state index contributed by atoms with van der Waals surface area (Å²) in [4.78, 5) is 23.8. The summed E-state index contributed by atoms with van der Waals surface area (Å²) in [6, 6.07) is 13.6. The van der Waals surface area contributed by atoms with Crippen molar-refractivity contribution in [2.75, 3.05) is 5.75 Å². The maximum absolute atomic E-state index is 12.3. The van der Waals surface area contributed by atoms with Gasteiger partial charge in [-0.2, -0.15) is 5.10 Å². The molecule has 0 fully saturated rings. The van der Waals surface area contributed by atoms with Crippen molar-refractivity contribution in [3.63, 3.8) is 0 Å². The molecule has 0 spiro atoms. The number of nitrogens with zero attached hydrogens (tertiary/aromatic N) is 4. The molecular weight excluding hydrogens is 334 g/mol. The Morgan fingerprint density at radius 3 is 2.76 bits per heavy atom. The molecule has 4 rings (SSSR count). The van der Waals surface area contributed by atoms with Gasteiger partial charge in [-0.15, -0.1) is 0 Å². The summed E-state index contributed by atoms with van der Waals surface area (Å²) in [6.07, 6.45) is 6.02. The summed E-state index contributed by atoms with van der Waals surface area (Å²) in [6.45, 7) is 0. The highest BCUT2D eigenvalue weighted by Crippen LogP contribution is 2.18. The third-order valence-corrected chi connectivity index (χ3v) is 4.64. The Morgan fingerprint density at radius 1 is 1.08 bits per heavy atom. The number of aromatic amines is 1. The number of aryl methyl sites for hydroxylation is 1. The zero-order valence-electron chi connectivity index (χ0n) is 13.3. The largest absolute Gasteiger partial charge is 0.301 e. The van der Waals surface area contributed by atoms with Gasteiger partial charge >= 0.3 is 0 Å². The molecule has 0 saturated heterocycles. The van der Waals surface area contributed by atoms with E-state index in [1.165, 1.54) is 11.8 Å². The quantitative estimate of drug-likeness (QED) is 0.443. The zero-order valence-corrected chi connectivity index (χ0v) is 14.1. The van der Waals surface area contributed by atoms with Gasteiger partial charge in [0.25, 0.3) is 5.56 Å². The smallest absolute Gasteiger partial charge is 0.262 e. The van der Waals surface area contributed by atoms with Crippen molar-refractivity contribution in [1.29, 1.82) is 0 Å². The monoisotopic (exact) mass is 349 g/mol. The van der Waals surface area contributed by atoms with Crippen LogP contribution in [0.4, 0.5) is 0 Å². The van der Waals surface area contributed by atoms with E-state index < -0.39 is 0 Å². The average Bonchev–Trinajstić information content (AvgIpc) is 3.08. The first-order valence-electron chi connectivity index (χ1n) is 7.86. The standard InChI is InChI=1S/C18H15N5OS/c24-17-15-12-20-23(14-6-2-1-3-7-14)16(15)21-18(22-17)25-10-8-13-5-4-9-19-11-13/h1-7,9,11-12H,8,10H2,(H,21,22,24). The van der Waals surface area contributed by atoms with Gasteiger partial charge in [0, 0.05) is 18.1 Å². The molecule has 4 aromatic rings. The first kappa shape index (κ1) is 15.6. The molecule has 124 valence electrons. The van der Waals surface area contributed by atoms with Crippen LogP contribution in [0.15, 0.2) is 71.0 Å². The van der Waals surface area contributed by atoms with E-state index in [9.17, 15) is 4.79 Å². The second kappa shape index (κ2) is 6.90. The SMILES string of the molecule is O=c1[nH]c(SCCc2cccnc2)nc2c1cnn2-c1ccccc1. The maximum atomic E-state index is 12.3. The first-order valence-corrected chi connectivity index (χ1v) is 8.85. The zero-order chi connectivity index (χ0) is 17.1. The molecule has 3 heterocycles. The Morgan fingerprint density at radius 2 is 1.96 bits per heavy atom. The van der Waals surface area contributed by atoms with Gasteiger partial charge in [-0.05, 0) is 30.2 Å². The van der Waals surface area contributed by atoms with Crippen LogP contribution < -0.4 is 5.56 Å². The molecule has 1 aromatic carbocycles. The molecule has 0 radical (unpaired) electrons. The van der Waals surface area contributed by atoms with Crippen molar-refractivity contribution in [1.82, 2.24) is 24.7 Å². The van der Waals surface area contributed by atoms with Crippen LogP contribution in [-0.2, 0) is 6.42 Å². The van der Waals surface area contributed by atoms with Gasteiger partial charge in [0.05, 0.1) is 11.9 Å². The second-order valence-corrected chi connectivity index (χ2v) is 6.54. The summed E-state index contributed by atoms with van der Waals surface area (Å²) >= 11 is 1.52. The second-order valence-electron chi connectivity index (χ2n) is 5.46. The summed E-state index contributed by atoms with van der Waals surface area (Å²) in [7, 11) is 0. The van der Waals surface area contributed by atoms with E-state index in [2.05, 4.69) is 20.1 Å². The number of hydrogen-bond acceptors (Lipinski definition) is 5. The number of para-hydroxylation sites is 1. The Kier molecular flexibility index (Phi) is 4.30. The normalized spacial score (nSPS) is 11.0. The molecule has 0 amide bonds. The molecule has 25 heavy (non-hydrogen) atoms. The van der Waals surface area contributed by atoms with Crippen molar-refractivity contribution < 1.29 is 0 Å². The molecule has 0 aliphatic carbocycles. The molecule has 7 heteroatoms. The maximum Gasteiger partial charge on any atom is 0.262 e. The molecule has 6 nitrogen and oxygen atoms in total. The Balaban J connectivity index is 1.61. The van der Waals surface area contributed by atoms with Crippen LogP contribution >= 0.6 is 11.8 Å². The molecule has 0 aliphatic rings. The molecule has 0 saturated carbocycles. The van der Waals surface area contributed by atoms with Gasteiger partial charge in [0.15, 0.2) is 10.8 Å². The van der Waals surface area contributed by atoms with E-state index >= 15 is 0 Å². The topological polar surface area (TPSA) is 76.5 Å². The number of aromatic nitrogens is 5. The number of benzene rings is 1. The van der Waals surface area contributed by atoms with Crippen molar-refractivity contribution in [2.45, 2.75) is 11.6 Å². The summed E-state index contributed by atoms with van der Waals surface area (Å²) in [5, 5.41) is 5.39. The van der Waals surface area contributed by atoms with Crippen LogP contribution in [0, 0.1) is 0 Å². The van der Waals surface area contributed by atoms with E-state index in [0.717, 1.165) is 23.4 Å². The van der Waals surface area contributed by atoms with Crippen molar-refractivity contribution in [3.8, 4) is 5.69 Å². The number of thioether (sulfide) groups is 1. The third-order valence-electron chi connectivity index (χ3n) is 3.77. The van der Waals surface area contributed by atoms with Crippen LogP contribution in [0.25, 0.3) is 16.7 Å². The highest BCUT2D eigenvalue weighted by Gasteiger charge is 2.11. The summed E-state index contributed by atoms with van der Waals surface area (Å²) in [5.74, 6) is 0.805. The van der Waals surface area contributed by atoms with Crippen molar-refractivity contribution in [2.24, 2.45) is 0 Å². The average molecular weight is 349 g/mol. The molecule has 0 bridgehead atoms. The van der Waals surface area contributed by atoms with Crippen molar-refractivity contribution >= 4 is 22.8 Å². The van der Waals surface area contributed by atoms with E-state index in [1.807, 2.05) is 48.7 Å². The molecule has 0 aliphatic heterocycles. The fraction of sp³-hybridized carbons (Fsp3) is 0.111. The Bertz CT molecular complexity index is 1040. The number of pyridine rings is 1. The van der Waals surface area contributed by atoms with Crippen LogP contribution in [0.3, 0.4) is 0 Å². The summed E-state index contributed by atoms with van der Waals surface area (Å²) in [5.41, 5.74) is 2.43. The number of rotatable bonds is 5. The number of hydrogen-bond donors (Lipinski definition) is 1. The van der Waals surface area contributed by atoms with Crippen LogP contribution in [-0.4, -0.2) is 30.5 Å². The minimum absolute atomic E-state index is 0.170. The van der Waals surface area contributed by atoms with Gasteiger partial charge in [0.2, 0.25) is 0 Å². The van der Waals surface area contributed by atoms with Gasteiger partial charge in [-0.3, -0.25) is 9.78 Å². The van der Waals surface area contributed by atoms with Crippen LogP contribution in [0.2, 0.25) is 0 Å². The van der Waals surface area contributed by atoms with E-state index in [4.69, 9.17) is 0 Å². The minimum atomic E-state index is -0.170. The van der Waals surface area contributed by atoms with Gasteiger partial charge in [-0.1, -0.05) is 36.0 Å². The highest BCUT2D eigenvalue weighted by atomic mass is 32.2. The van der Waals surface area contributed by atoms with E-state index in [0.29, 0.717) is 16.2 Å². The predicted octanol–water partition coefficient (Wildman–Crippen LogP) is 2.84. The lowest BCUT2D eigenvalue weighted by Gasteiger charge is -2.04. The minimum Gasteiger partial charge on any atom is -0.301 e. The van der Waals surface area contributed by atoms with E-state index in [1.54, 1.807) is 17.1 Å². The lowest BCUT2D eigenvalue weighted by atomic mass is 10.2. The highest BCUT2D eigenvalue weighted by molar-refractivity contribution is 7.99. The fourth-order valence-electron chi connectivity index (χ4n) is 2.54. The molecule has 0 atom stereocenters. The van der Waals surface area contributed by atoms with Gasteiger partial charge in [0.1, 0.15) is 5.39 Å². The van der Waals surface area contributed by atoms with Gasteiger partial charge < -0.3 is 4.98 Å². The molecular formula is C18H15N5OS. The Labute approximate surface area is 148 Å². The lowest BCUT2D eigenvalue weighted by molar-refractivity contribution is 0.872. The lowest BCUT2D eigenvalue weighted by Crippen LogP contribution is -2.10. The van der Waals surface area contributed by atoms with Crippen molar-refractivity contribution in [3.05, 3.63) is 77.0 Å². The summed E-state index contributed by atoms with van der Waals surface area (Å²) < 4.78 is 1.69.